The van der Waals surface area contributed by atoms with Crippen LogP contribution in [0.4, 0.5) is 4.79 Å². The maximum atomic E-state index is 13.4. The van der Waals surface area contributed by atoms with Crippen molar-refractivity contribution >= 4 is 12.0 Å². The molecule has 0 aromatic heterocycles. The molecule has 0 fully saturated rings. The zero-order valence-corrected chi connectivity index (χ0v) is 20.7. The first-order chi connectivity index (χ1) is 17.1. The summed E-state index contributed by atoms with van der Waals surface area (Å²) in [6, 6.07) is 8.37. The lowest BCUT2D eigenvalue weighted by Gasteiger charge is -2.28. The smallest absolute Gasteiger partial charge is 0.408 e. The molecule has 0 radical (unpaired) electrons. The zero-order chi connectivity index (χ0) is 25.6. The van der Waals surface area contributed by atoms with Crippen molar-refractivity contribution in [2.24, 2.45) is 17.2 Å². The first-order valence-corrected chi connectivity index (χ1v) is 12.2. The zero-order valence-electron chi connectivity index (χ0n) is 20.7. The number of carbonyl (C=O) groups excluding carboxylic acids is 2. The van der Waals surface area contributed by atoms with Crippen molar-refractivity contribution in [2.45, 2.75) is 31.9 Å². The van der Waals surface area contributed by atoms with E-state index >= 15 is 0 Å². The van der Waals surface area contributed by atoms with Gasteiger partial charge in [0.2, 0.25) is 5.91 Å². The molecule has 11 nitrogen and oxygen atoms in total. The van der Waals surface area contributed by atoms with Crippen LogP contribution in [-0.2, 0) is 30.3 Å². The molecule has 0 saturated carbocycles. The fourth-order valence-electron chi connectivity index (χ4n) is 2.95. The molecule has 0 unspecified atom stereocenters. The number of alkyl carbamates (subject to hydrolysis) is 1. The number of ether oxygens (including phenoxy) is 4. The van der Waals surface area contributed by atoms with Crippen LogP contribution in [0.1, 0.15) is 24.8 Å². The molecule has 1 atom stereocenters. The van der Waals surface area contributed by atoms with Crippen LogP contribution in [0.5, 0.6) is 0 Å². The molecule has 0 saturated heterocycles. The Labute approximate surface area is 208 Å². The largest absolute Gasteiger partial charge is 0.445 e. The van der Waals surface area contributed by atoms with Crippen LogP contribution in [-0.4, -0.2) is 95.3 Å². The van der Waals surface area contributed by atoms with Gasteiger partial charge in [0.05, 0.1) is 19.8 Å². The van der Waals surface area contributed by atoms with E-state index in [0.717, 1.165) is 18.4 Å². The van der Waals surface area contributed by atoms with Gasteiger partial charge in [0, 0.05) is 32.9 Å². The van der Waals surface area contributed by atoms with Gasteiger partial charge >= 0.3 is 6.09 Å². The number of hydrogen-bond acceptors (Lipinski definition) is 9. The minimum atomic E-state index is -0.927. The third kappa shape index (κ3) is 15.4. The minimum Gasteiger partial charge on any atom is -0.445 e. The van der Waals surface area contributed by atoms with E-state index in [4.69, 9.17) is 36.1 Å². The van der Waals surface area contributed by atoms with E-state index in [1.54, 1.807) is 4.90 Å². The van der Waals surface area contributed by atoms with Crippen LogP contribution < -0.4 is 22.5 Å². The Morgan fingerprint density at radius 3 is 1.89 bits per heavy atom. The van der Waals surface area contributed by atoms with E-state index in [1.165, 1.54) is 0 Å². The average Bonchev–Trinajstić information content (AvgIpc) is 2.88. The molecule has 0 bridgehead atoms. The van der Waals surface area contributed by atoms with Crippen molar-refractivity contribution in [3.05, 3.63) is 35.9 Å². The monoisotopic (exact) mass is 497 g/mol. The van der Waals surface area contributed by atoms with Crippen molar-refractivity contribution in [3.8, 4) is 0 Å². The number of nitrogens with one attached hydrogen (secondary N) is 1. The van der Waals surface area contributed by atoms with Crippen LogP contribution in [0.3, 0.4) is 0 Å². The molecule has 2 amide bonds. The summed E-state index contributed by atoms with van der Waals surface area (Å²) in [6.45, 7) is 4.40. The SMILES string of the molecule is NCCCOCCN(CCOCCCN)C(=O)[C@H](COCCCN)NC(=O)OCc1ccccc1. The highest BCUT2D eigenvalue weighted by atomic mass is 16.5. The van der Waals surface area contributed by atoms with Gasteiger partial charge in [-0.05, 0) is 44.5 Å². The highest BCUT2D eigenvalue weighted by Gasteiger charge is 2.27. The first-order valence-electron chi connectivity index (χ1n) is 12.2. The van der Waals surface area contributed by atoms with Crippen molar-refractivity contribution in [1.29, 1.82) is 0 Å². The van der Waals surface area contributed by atoms with Crippen molar-refractivity contribution in [2.75, 3.05) is 72.4 Å². The van der Waals surface area contributed by atoms with Crippen LogP contribution in [0.2, 0.25) is 0 Å². The highest BCUT2D eigenvalue weighted by molar-refractivity contribution is 5.85. The highest BCUT2D eigenvalue weighted by Crippen LogP contribution is 2.03. The summed E-state index contributed by atoms with van der Waals surface area (Å²) in [4.78, 5) is 27.4. The minimum absolute atomic E-state index is 0.00215. The molecular formula is C24H43N5O6. The fourth-order valence-corrected chi connectivity index (χ4v) is 2.95. The number of rotatable bonds is 21. The van der Waals surface area contributed by atoms with Gasteiger partial charge in [-0.1, -0.05) is 30.3 Å². The van der Waals surface area contributed by atoms with Gasteiger partial charge < -0.3 is 46.4 Å². The maximum absolute atomic E-state index is 13.4. The summed E-state index contributed by atoms with van der Waals surface area (Å²) in [5.74, 6) is -0.306. The number of nitrogens with zero attached hydrogens (tertiary/aromatic N) is 1. The Bertz CT molecular complexity index is 653. The summed E-state index contributed by atoms with van der Waals surface area (Å²) in [7, 11) is 0. The molecule has 1 rings (SSSR count). The summed E-state index contributed by atoms with van der Waals surface area (Å²) < 4.78 is 22.0. The molecule has 0 aliphatic rings. The summed E-state index contributed by atoms with van der Waals surface area (Å²) >= 11 is 0. The number of amides is 2. The molecule has 200 valence electrons. The normalized spacial score (nSPS) is 11.7. The van der Waals surface area contributed by atoms with E-state index < -0.39 is 12.1 Å². The van der Waals surface area contributed by atoms with Gasteiger partial charge in [-0.3, -0.25) is 4.79 Å². The Hall–Kier alpha value is -2.28. The van der Waals surface area contributed by atoms with Gasteiger partial charge in [-0.2, -0.15) is 0 Å². The van der Waals surface area contributed by atoms with E-state index in [2.05, 4.69) is 5.32 Å². The third-order valence-corrected chi connectivity index (χ3v) is 4.89. The molecule has 0 aliphatic heterocycles. The summed E-state index contributed by atoms with van der Waals surface area (Å²) in [5, 5.41) is 2.64. The van der Waals surface area contributed by atoms with Crippen LogP contribution in [0, 0.1) is 0 Å². The maximum Gasteiger partial charge on any atom is 0.408 e. The van der Waals surface area contributed by atoms with Crippen LogP contribution in [0.25, 0.3) is 0 Å². The second kappa shape index (κ2) is 21.0. The van der Waals surface area contributed by atoms with Crippen molar-refractivity contribution in [3.63, 3.8) is 0 Å². The van der Waals surface area contributed by atoms with E-state index in [-0.39, 0.29) is 19.1 Å². The van der Waals surface area contributed by atoms with E-state index in [1.807, 2.05) is 30.3 Å². The lowest BCUT2D eigenvalue weighted by molar-refractivity contribution is -0.136. The summed E-state index contributed by atoms with van der Waals surface area (Å²) in [5.41, 5.74) is 17.4. The Morgan fingerprint density at radius 2 is 1.34 bits per heavy atom. The van der Waals surface area contributed by atoms with Gasteiger partial charge in [-0.15, -0.1) is 0 Å². The molecular weight excluding hydrogens is 454 g/mol. The molecule has 1 aromatic rings. The van der Waals surface area contributed by atoms with Gasteiger partial charge in [0.25, 0.3) is 0 Å². The number of carbonyl (C=O) groups is 2. The average molecular weight is 498 g/mol. The molecule has 7 N–H and O–H groups in total. The first kappa shape index (κ1) is 30.8. The van der Waals surface area contributed by atoms with E-state index in [9.17, 15) is 9.59 Å². The van der Waals surface area contributed by atoms with Crippen LogP contribution in [0.15, 0.2) is 30.3 Å². The number of hydrogen-bond donors (Lipinski definition) is 4. The van der Waals surface area contributed by atoms with Gasteiger partial charge in [0.15, 0.2) is 0 Å². The van der Waals surface area contributed by atoms with Crippen molar-refractivity contribution < 1.29 is 28.5 Å². The van der Waals surface area contributed by atoms with Crippen molar-refractivity contribution in [1.82, 2.24) is 10.2 Å². The Balaban J connectivity index is 2.73. The molecule has 0 spiro atoms. The molecule has 0 aliphatic carbocycles. The standard InChI is InChI=1S/C24H43N5O6/c25-9-4-14-32-17-12-29(13-18-33-15-5-10-26)23(30)22(20-34-16-6-11-27)28-24(31)35-19-21-7-2-1-3-8-21/h1-3,7-8,22H,4-6,9-20,25-27H2,(H,28,31)/t22-/m0/s1. The summed E-state index contributed by atoms with van der Waals surface area (Å²) in [6.07, 6.45) is 1.42. The predicted molar refractivity (Wildman–Crippen MR) is 134 cm³/mol. The third-order valence-electron chi connectivity index (χ3n) is 4.89. The molecule has 0 heterocycles. The number of nitrogens with two attached hydrogens (primary N) is 3. The molecule has 11 heteroatoms. The predicted octanol–water partition coefficient (Wildman–Crippen LogP) is 0.206. The Kier molecular flexibility index (Phi) is 18.5. The van der Waals surface area contributed by atoms with Gasteiger partial charge in [-0.25, -0.2) is 4.79 Å². The fraction of sp³-hybridized carbons (Fsp3) is 0.667. The lowest BCUT2D eigenvalue weighted by Crippen LogP contribution is -2.52. The Morgan fingerprint density at radius 1 is 0.800 bits per heavy atom. The quantitative estimate of drug-likeness (QED) is 0.174. The van der Waals surface area contributed by atoms with E-state index in [0.29, 0.717) is 72.2 Å². The van der Waals surface area contributed by atoms with Gasteiger partial charge in [0.1, 0.15) is 12.6 Å². The number of benzene rings is 1. The molecule has 35 heavy (non-hydrogen) atoms. The second-order valence-corrected chi connectivity index (χ2v) is 7.81. The van der Waals surface area contributed by atoms with Crippen LogP contribution >= 0.6 is 0 Å². The molecule has 1 aromatic carbocycles. The second-order valence-electron chi connectivity index (χ2n) is 7.81. The lowest BCUT2D eigenvalue weighted by atomic mass is 10.2. The topological polar surface area (TPSA) is 164 Å².